The highest BCUT2D eigenvalue weighted by Crippen LogP contribution is 2.23. The Balaban J connectivity index is 1.88. The van der Waals surface area contributed by atoms with E-state index in [0.29, 0.717) is 17.2 Å². The lowest BCUT2D eigenvalue weighted by molar-refractivity contribution is -0.114. The van der Waals surface area contributed by atoms with E-state index in [0.717, 1.165) is 0 Å². The molecule has 26 heavy (non-hydrogen) atoms. The van der Waals surface area contributed by atoms with E-state index in [1.807, 2.05) is 0 Å². The average Bonchev–Trinajstić information content (AvgIpc) is 3.28. The van der Waals surface area contributed by atoms with Crippen LogP contribution in [0.5, 0.6) is 0 Å². The van der Waals surface area contributed by atoms with E-state index in [-0.39, 0.29) is 23.9 Å². The number of benzene rings is 1. The molecule has 8 heteroatoms. The van der Waals surface area contributed by atoms with E-state index in [1.165, 1.54) is 35.9 Å². The Kier molecular flexibility index (Phi) is 5.24. The first kappa shape index (κ1) is 18.0. The van der Waals surface area contributed by atoms with E-state index in [1.54, 1.807) is 36.4 Å². The molecule has 7 nitrogen and oxygen atoms in total. The molecule has 136 valence electrons. The minimum atomic E-state index is -3.80. The topological polar surface area (TPSA) is 92.8 Å². The summed E-state index contributed by atoms with van der Waals surface area (Å²) in [6.07, 6.45) is 2.99. The number of amides is 1. The van der Waals surface area contributed by atoms with Gasteiger partial charge in [-0.15, -0.1) is 0 Å². The van der Waals surface area contributed by atoms with E-state index < -0.39 is 10.0 Å². The number of hydrogen-bond donors (Lipinski definition) is 1. The maximum atomic E-state index is 13.1. The van der Waals surface area contributed by atoms with Gasteiger partial charge < -0.3 is 14.2 Å². The van der Waals surface area contributed by atoms with Gasteiger partial charge in [0, 0.05) is 12.6 Å². The number of rotatable bonds is 7. The molecule has 1 amide bonds. The van der Waals surface area contributed by atoms with Crippen molar-refractivity contribution >= 4 is 21.6 Å². The van der Waals surface area contributed by atoms with Gasteiger partial charge in [0.1, 0.15) is 11.5 Å². The summed E-state index contributed by atoms with van der Waals surface area (Å²) >= 11 is 0. The Morgan fingerprint density at radius 3 is 1.92 bits per heavy atom. The van der Waals surface area contributed by atoms with Crippen molar-refractivity contribution in [2.24, 2.45) is 0 Å². The van der Waals surface area contributed by atoms with Gasteiger partial charge in [-0.25, -0.2) is 8.42 Å². The molecule has 0 radical (unpaired) electrons. The average molecular weight is 374 g/mol. The van der Waals surface area contributed by atoms with Gasteiger partial charge in [-0.2, -0.15) is 4.31 Å². The molecule has 0 saturated carbocycles. The third kappa shape index (κ3) is 4.22. The number of anilines is 1. The molecule has 0 unspecified atom stereocenters. The Hall–Kier alpha value is -2.84. The van der Waals surface area contributed by atoms with Crippen LogP contribution in [0.1, 0.15) is 18.4 Å². The maximum absolute atomic E-state index is 13.1. The highest BCUT2D eigenvalue weighted by molar-refractivity contribution is 7.89. The molecule has 0 aliphatic heterocycles. The van der Waals surface area contributed by atoms with Gasteiger partial charge in [-0.3, -0.25) is 4.79 Å². The zero-order valence-electron chi connectivity index (χ0n) is 14.1. The molecule has 0 atom stereocenters. The van der Waals surface area contributed by atoms with Crippen molar-refractivity contribution in [1.82, 2.24) is 4.31 Å². The Morgan fingerprint density at radius 1 is 0.962 bits per heavy atom. The second kappa shape index (κ2) is 7.59. The lowest BCUT2D eigenvalue weighted by Gasteiger charge is -2.20. The largest absolute Gasteiger partial charge is 0.468 e. The van der Waals surface area contributed by atoms with Crippen LogP contribution in [0.2, 0.25) is 0 Å². The minimum Gasteiger partial charge on any atom is -0.468 e. The summed E-state index contributed by atoms with van der Waals surface area (Å²) in [5, 5.41) is 2.61. The molecule has 0 aliphatic carbocycles. The summed E-state index contributed by atoms with van der Waals surface area (Å²) in [6.45, 7) is 1.53. The number of carbonyl (C=O) groups excluding carboxylic acids is 1. The molecule has 3 aromatic rings. The predicted molar refractivity (Wildman–Crippen MR) is 94.6 cm³/mol. The van der Waals surface area contributed by atoms with Gasteiger partial charge in [-0.05, 0) is 48.5 Å². The van der Waals surface area contributed by atoms with Crippen LogP contribution in [-0.2, 0) is 27.9 Å². The minimum absolute atomic E-state index is 0.0729. The van der Waals surface area contributed by atoms with Gasteiger partial charge in [0.15, 0.2) is 0 Å². The summed E-state index contributed by atoms with van der Waals surface area (Å²) < 4.78 is 38.0. The first-order valence-corrected chi connectivity index (χ1v) is 9.32. The third-order valence-electron chi connectivity index (χ3n) is 3.64. The Bertz CT molecular complexity index is 909. The molecule has 1 aromatic carbocycles. The van der Waals surface area contributed by atoms with Crippen molar-refractivity contribution in [3.05, 3.63) is 72.6 Å². The first-order valence-electron chi connectivity index (χ1n) is 7.88. The van der Waals surface area contributed by atoms with Crippen LogP contribution in [-0.4, -0.2) is 18.6 Å². The summed E-state index contributed by atoms with van der Waals surface area (Å²) in [6, 6.07) is 12.8. The van der Waals surface area contributed by atoms with E-state index in [2.05, 4.69) is 5.32 Å². The fourth-order valence-electron chi connectivity index (χ4n) is 2.44. The monoisotopic (exact) mass is 374 g/mol. The van der Waals surface area contributed by atoms with Gasteiger partial charge in [0.2, 0.25) is 15.9 Å². The summed E-state index contributed by atoms with van der Waals surface area (Å²) in [5.41, 5.74) is 0.528. The van der Waals surface area contributed by atoms with Crippen LogP contribution in [0, 0.1) is 0 Å². The second-order valence-electron chi connectivity index (χ2n) is 5.64. The highest BCUT2D eigenvalue weighted by atomic mass is 32.2. The fourth-order valence-corrected chi connectivity index (χ4v) is 3.81. The van der Waals surface area contributed by atoms with Gasteiger partial charge >= 0.3 is 0 Å². The van der Waals surface area contributed by atoms with E-state index in [4.69, 9.17) is 8.83 Å². The standard InChI is InChI=1S/C18H18N2O5S/c1-14(21)19-15-6-8-18(9-7-15)26(22,23)20(12-16-4-2-10-24-16)13-17-5-3-11-25-17/h2-11H,12-13H2,1H3,(H,19,21). The molecule has 0 aliphatic rings. The Labute approximate surface area is 151 Å². The Morgan fingerprint density at radius 2 is 1.50 bits per heavy atom. The van der Waals surface area contributed by atoms with Crippen molar-refractivity contribution in [3.63, 3.8) is 0 Å². The highest BCUT2D eigenvalue weighted by Gasteiger charge is 2.26. The van der Waals surface area contributed by atoms with Gasteiger partial charge in [-0.1, -0.05) is 0 Å². The molecule has 1 N–H and O–H groups in total. The van der Waals surface area contributed by atoms with E-state index in [9.17, 15) is 13.2 Å². The number of hydrogen-bond acceptors (Lipinski definition) is 5. The molecular formula is C18H18N2O5S. The zero-order valence-corrected chi connectivity index (χ0v) is 14.9. The van der Waals surface area contributed by atoms with Crippen LogP contribution < -0.4 is 5.32 Å². The fraction of sp³-hybridized carbons (Fsp3) is 0.167. The predicted octanol–water partition coefficient (Wildman–Crippen LogP) is 3.22. The summed E-state index contributed by atoms with van der Waals surface area (Å²) in [7, 11) is -3.80. The van der Waals surface area contributed by atoms with Crippen molar-refractivity contribution in [2.75, 3.05) is 5.32 Å². The number of carbonyl (C=O) groups is 1. The van der Waals surface area contributed by atoms with Crippen molar-refractivity contribution in [2.45, 2.75) is 24.9 Å². The van der Waals surface area contributed by atoms with Gasteiger partial charge in [0.25, 0.3) is 0 Å². The van der Waals surface area contributed by atoms with Crippen LogP contribution in [0.3, 0.4) is 0 Å². The zero-order chi connectivity index (χ0) is 18.6. The maximum Gasteiger partial charge on any atom is 0.243 e. The summed E-state index contributed by atoms with van der Waals surface area (Å²) in [4.78, 5) is 11.2. The first-order chi connectivity index (χ1) is 12.4. The molecule has 2 heterocycles. The number of nitrogens with one attached hydrogen (secondary N) is 1. The van der Waals surface area contributed by atoms with Crippen molar-refractivity contribution in [1.29, 1.82) is 0 Å². The molecule has 2 aromatic heterocycles. The van der Waals surface area contributed by atoms with Crippen molar-refractivity contribution < 1.29 is 22.0 Å². The number of nitrogens with zero attached hydrogens (tertiary/aromatic N) is 1. The quantitative estimate of drug-likeness (QED) is 0.685. The van der Waals surface area contributed by atoms with Crippen LogP contribution >= 0.6 is 0 Å². The lowest BCUT2D eigenvalue weighted by atomic mass is 10.3. The number of furan rings is 2. The molecule has 0 saturated heterocycles. The van der Waals surface area contributed by atoms with E-state index >= 15 is 0 Å². The van der Waals surface area contributed by atoms with Crippen LogP contribution in [0.25, 0.3) is 0 Å². The van der Waals surface area contributed by atoms with Gasteiger partial charge in [0.05, 0.1) is 30.5 Å². The number of sulfonamides is 1. The molecule has 0 fully saturated rings. The normalized spacial score (nSPS) is 11.6. The van der Waals surface area contributed by atoms with Crippen molar-refractivity contribution in [3.8, 4) is 0 Å². The molecule has 3 rings (SSSR count). The summed E-state index contributed by atoms with van der Waals surface area (Å²) in [5.74, 6) is 0.822. The smallest absolute Gasteiger partial charge is 0.243 e. The molecule has 0 bridgehead atoms. The van der Waals surface area contributed by atoms with Crippen LogP contribution in [0.4, 0.5) is 5.69 Å². The molecular weight excluding hydrogens is 356 g/mol. The molecule has 0 spiro atoms. The van der Waals surface area contributed by atoms with Crippen LogP contribution in [0.15, 0.2) is 74.8 Å². The third-order valence-corrected chi connectivity index (χ3v) is 5.44. The second-order valence-corrected chi connectivity index (χ2v) is 7.58. The SMILES string of the molecule is CC(=O)Nc1ccc(S(=O)(=O)N(Cc2ccco2)Cc2ccco2)cc1. The lowest BCUT2D eigenvalue weighted by Crippen LogP contribution is -2.30.